The molecule has 0 spiro atoms. The van der Waals surface area contributed by atoms with E-state index in [0.717, 1.165) is 22.5 Å². The van der Waals surface area contributed by atoms with E-state index < -0.39 is 5.97 Å². The summed E-state index contributed by atoms with van der Waals surface area (Å²) in [6.07, 6.45) is 5.86. The van der Waals surface area contributed by atoms with Crippen molar-refractivity contribution in [1.29, 1.82) is 0 Å². The summed E-state index contributed by atoms with van der Waals surface area (Å²) in [6.45, 7) is 4.39. The molecule has 3 heterocycles. The molecule has 10 heteroatoms. The molecule has 5 rings (SSSR count). The number of imidazole rings is 1. The molecule has 1 amide bonds. The summed E-state index contributed by atoms with van der Waals surface area (Å²) >= 11 is 0. The zero-order valence-corrected chi connectivity index (χ0v) is 21.4. The number of rotatable bonds is 7. The smallest absolute Gasteiger partial charge is 0.325 e. The lowest BCUT2D eigenvalue weighted by Crippen LogP contribution is -2.52. The van der Waals surface area contributed by atoms with Gasteiger partial charge in [-0.15, -0.1) is 0 Å². The molecule has 0 aliphatic carbocycles. The summed E-state index contributed by atoms with van der Waals surface area (Å²) in [5.41, 5.74) is 3.45. The number of carbonyl (C=O) groups is 2. The van der Waals surface area contributed by atoms with Gasteiger partial charge in [0, 0.05) is 12.7 Å². The van der Waals surface area contributed by atoms with Crippen LogP contribution in [0.15, 0.2) is 65.7 Å². The van der Waals surface area contributed by atoms with Crippen molar-refractivity contribution in [3.05, 3.63) is 83.3 Å². The highest BCUT2D eigenvalue weighted by molar-refractivity contribution is 6.14. The van der Waals surface area contributed by atoms with Gasteiger partial charge in [-0.1, -0.05) is 18.2 Å². The summed E-state index contributed by atoms with van der Waals surface area (Å²) in [7, 11) is 1.58. The van der Waals surface area contributed by atoms with Crippen molar-refractivity contribution in [2.75, 3.05) is 26.8 Å². The number of hydrogen-bond acceptors (Lipinski definition) is 7. The topological polar surface area (TPSA) is 89.3 Å². The second-order valence-corrected chi connectivity index (χ2v) is 9.05. The summed E-state index contributed by atoms with van der Waals surface area (Å²) in [6, 6.07) is 11.4. The Morgan fingerprint density at radius 3 is 2.68 bits per heavy atom. The number of amides is 1. The average Bonchev–Trinajstić information content (AvgIpc) is 3.48. The first kappa shape index (κ1) is 25.2. The van der Waals surface area contributed by atoms with Crippen molar-refractivity contribution >= 4 is 23.9 Å². The number of fused-ring (bicyclic) bond motifs is 1. The molecule has 0 bridgehead atoms. The molecule has 1 atom stereocenters. The summed E-state index contributed by atoms with van der Waals surface area (Å²) < 4.78 is 26.2. The van der Waals surface area contributed by atoms with E-state index in [4.69, 9.17) is 9.47 Å². The minimum atomic E-state index is -0.393. The number of methoxy groups -OCH3 is 1. The summed E-state index contributed by atoms with van der Waals surface area (Å²) in [5, 5.41) is 0. The van der Waals surface area contributed by atoms with Gasteiger partial charge >= 0.3 is 5.97 Å². The quantitative estimate of drug-likeness (QED) is 0.349. The summed E-state index contributed by atoms with van der Waals surface area (Å²) in [4.78, 5) is 38.2. The lowest BCUT2D eigenvalue weighted by atomic mass is 9.99. The predicted molar refractivity (Wildman–Crippen MR) is 139 cm³/mol. The molecule has 0 radical (unpaired) electrons. The number of aromatic nitrogens is 2. The standard InChI is InChI=1S/C28H28FN5O4/c1-4-38-26(35)16-32-12-11-23(20-6-8-21(29)9-7-20)34-27(36)22(31-28(32)34)13-19-5-10-24(25(14-19)37-3)33-15-18(2)30-17-33/h5-10,13-15,17,23H,4,11-12,16H2,1-3H3/b22-13-. The maximum atomic E-state index is 13.7. The van der Waals surface area contributed by atoms with Gasteiger partial charge in [0.15, 0.2) is 0 Å². The second-order valence-electron chi connectivity index (χ2n) is 9.05. The average molecular weight is 518 g/mol. The number of aryl methyl sites for hydroxylation is 1. The fraction of sp³-hybridized carbons (Fsp3) is 0.286. The number of benzene rings is 2. The maximum absolute atomic E-state index is 13.7. The van der Waals surface area contributed by atoms with Crippen LogP contribution in [0, 0.1) is 12.7 Å². The molecule has 2 aliphatic rings. The molecule has 196 valence electrons. The molecular weight excluding hydrogens is 489 g/mol. The highest BCUT2D eigenvalue weighted by Crippen LogP contribution is 2.36. The Hall–Kier alpha value is -4.47. The van der Waals surface area contributed by atoms with Crippen molar-refractivity contribution in [2.45, 2.75) is 26.3 Å². The monoisotopic (exact) mass is 517 g/mol. The van der Waals surface area contributed by atoms with E-state index in [2.05, 4.69) is 9.98 Å². The van der Waals surface area contributed by atoms with Gasteiger partial charge < -0.3 is 18.9 Å². The zero-order valence-electron chi connectivity index (χ0n) is 21.4. The second kappa shape index (κ2) is 10.5. The third-order valence-corrected chi connectivity index (χ3v) is 6.52. The van der Waals surface area contributed by atoms with E-state index in [9.17, 15) is 14.0 Å². The highest BCUT2D eigenvalue weighted by atomic mass is 19.1. The Morgan fingerprint density at radius 1 is 1.21 bits per heavy atom. The number of esters is 1. The number of ether oxygens (including phenoxy) is 2. The predicted octanol–water partition coefficient (Wildman–Crippen LogP) is 3.88. The Bertz CT molecular complexity index is 1430. The molecule has 3 aromatic rings. The molecule has 9 nitrogen and oxygen atoms in total. The van der Waals surface area contributed by atoms with Gasteiger partial charge in [-0.3, -0.25) is 14.5 Å². The molecule has 0 N–H and O–H groups in total. The van der Waals surface area contributed by atoms with Crippen LogP contribution in [-0.2, 0) is 14.3 Å². The van der Waals surface area contributed by atoms with Gasteiger partial charge in [-0.2, -0.15) is 0 Å². The SMILES string of the molecule is CCOC(=O)CN1CCC(c2ccc(F)cc2)N2C(=O)/C(=C/c3ccc(-n4cnc(C)c4)c(OC)c3)N=C12. The van der Waals surface area contributed by atoms with Crippen molar-refractivity contribution in [3.8, 4) is 11.4 Å². The first-order valence-electron chi connectivity index (χ1n) is 12.4. The van der Waals surface area contributed by atoms with Gasteiger partial charge in [0.25, 0.3) is 5.91 Å². The number of aliphatic imine (C=N–C) groups is 1. The summed E-state index contributed by atoms with van der Waals surface area (Å²) in [5.74, 6) is -0.0430. The first-order valence-corrected chi connectivity index (χ1v) is 12.4. The van der Waals surface area contributed by atoms with Crippen molar-refractivity contribution < 1.29 is 23.5 Å². The fourth-order valence-electron chi connectivity index (χ4n) is 4.75. The lowest BCUT2D eigenvalue weighted by Gasteiger charge is -2.39. The van der Waals surface area contributed by atoms with Gasteiger partial charge in [-0.05, 0) is 61.7 Å². The molecule has 1 saturated heterocycles. The van der Waals surface area contributed by atoms with Crippen LogP contribution in [0.2, 0.25) is 0 Å². The molecule has 1 fully saturated rings. The van der Waals surface area contributed by atoms with Crippen LogP contribution in [0.5, 0.6) is 5.75 Å². The number of carbonyl (C=O) groups excluding carboxylic acids is 2. The number of hydrogen-bond donors (Lipinski definition) is 0. The van der Waals surface area contributed by atoms with E-state index >= 15 is 0 Å². The van der Waals surface area contributed by atoms with Crippen molar-refractivity contribution in [1.82, 2.24) is 19.4 Å². The van der Waals surface area contributed by atoms with Crippen LogP contribution < -0.4 is 4.74 Å². The molecular formula is C28H28FN5O4. The lowest BCUT2D eigenvalue weighted by molar-refractivity contribution is -0.144. The molecule has 1 unspecified atom stereocenters. The van der Waals surface area contributed by atoms with E-state index in [1.54, 1.807) is 48.4 Å². The number of nitrogens with zero attached hydrogens (tertiary/aromatic N) is 5. The molecule has 1 aromatic heterocycles. The van der Waals surface area contributed by atoms with Crippen LogP contribution in [0.4, 0.5) is 4.39 Å². The Labute approximate surface area is 219 Å². The Morgan fingerprint density at radius 2 is 2.00 bits per heavy atom. The van der Waals surface area contributed by atoms with Crippen molar-refractivity contribution in [2.24, 2.45) is 4.99 Å². The van der Waals surface area contributed by atoms with Crippen LogP contribution in [0.3, 0.4) is 0 Å². The highest BCUT2D eigenvalue weighted by Gasteiger charge is 2.43. The van der Waals surface area contributed by atoms with E-state index in [-0.39, 0.29) is 36.6 Å². The van der Waals surface area contributed by atoms with Gasteiger partial charge in [0.1, 0.15) is 23.8 Å². The Kier molecular flexibility index (Phi) is 6.95. The fourth-order valence-corrected chi connectivity index (χ4v) is 4.75. The van der Waals surface area contributed by atoms with Crippen LogP contribution in [0.1, 0.15) is 36.2 Å². The van der Waals surface area contributed by atoms with Gasteiger partial charge in [0.2, 0.25) is 5.96 Å². The van der Waals surface area contributed by atoms with Crippen LogP contribution >= 0.6 is 0 Å². The van der Waals surface area contributed by atoms with Crippen LogP contribution in [-0.4, -0.2) is 64.0 Å². The zero-order chi connectivity index (χ0) is 26.8. The van der Waals surface area contributed by atoms with E-state index in [1.807, 2.05) is 35.9 Å². The minimum absolute atomic E-state index is 0.0211. The van der Waals surface area contributed by atoms with E-state index in [1.165, 1.54) is 12.1 Å². The van der Waals surface area contributed by atoms with Crippen molar-refractivity contribution in [3.63, 3.8) is 0 Å². The molecule has 38 heavy (non-hydrogen) atoms. The third kappa shape index (κ3) is 4.89. The normalized spacial score (nSPS) is 18.0. The minimum Gasteiger partial charge on any atom is -0.495 e. The van der Waals surface area contributed by atoms with Gasteiger partial charge in [-0.25, -0.2) is 14.4 Å². The maximum Gasteiger partial charge on any atom is 0.325 e. The Balaban J connectivity index is 1.50. The molecule has 2 aromatic carbocycles. The van der Waals surface area contributed by atoms with E-state index in [0.29, 0.717) is 24.7 Å². The molecule has 0 saturated carbocycles. The first-order chi connectivity index (χ1) is 18.4. The van der Waals surface area contributed by atoms with Crippen LogP contribution in [0.25, 0.3) is 11.8 Å². The number of halogens is 1. The molecule has 2 aliphatic heterocycles. The largest absolute Gasteiger partial charge is 0.495 e. The third-order valence-electron chi connectivity index (χ3n) is 6.52. The number of guanidine groups is 1. The van der Waals surface area contributed by atoms with Gasteiger partial charge in [0.05, 0.1) is 37.5 Å².